The van der Waals surface area contributed by atoms with Gasteiger partial charge in [-0.25, -0.2) is 9.97 Å². The highest BCUT2D eigenvalue weighted by atomic mass is 35.5. The zero-order chi connectivity index (χ0) is 14.0. The average molecular weight is 303 g/mol. The Labute approximate surface area is 115 Å². The van der Waals surface area contributed by atoms with Crippen LogP contribution in [-0.4, -0.2) is 20.8 Å². The summed E-state index contributed by atoms with van der Waals surface area (Å²) in [5.74, 6) is -1.57. The number of rotatable bonds is 3. The molecule has 8 nitrogen and oxygen atoms in total. The van der Waals surface area contributed by atoms with E-state index >= 15 is 0 Å². The van der Waals surface area contributed by atoms with Crippen molar-refractivity contribution in [3.05, 3.63) is 44.6 Å². The van der Waals surface area contributed by atoms with Crippen LogP contribution in [0.1, 0.15) is 10.6 Å². The molecule has 0 fully saturated rings. The largest absolute Gasteiger partial charge is 0.433 e. The van der Waals surface area contributed by atoms with E-state index in [2.05, 4.69) is 15.3 Å². The van der Waals surface area contributed by atoms with E-state index in [9.17, 15) is 14.9 Å². The molecule has 2 heterocycles. The van der Waals surface area contributed by atoms with E-state index in [0.29, 0.717) is 0 Å². The number of hydrogen-bond acceptors (Lipinski definition) is 6. The molecule has 0 aromatic carbocycles. The summed E-state index contributed by atoms with van der Waals surface area (Å²) in [4.78, 5) is 28.7. The van der Waals surface area contributed by atoms with E-state index in [4.69, 9.17) is 27.6 Å². The third kappa shape index (κ3) is 2.80. The zero-order valence-corrected chi connectivity index (χ0v) is 10.5. The van der Waals surface area contributed by atoms with Crippen LogP contribution in [0.2, 0.25) is 10.3 Å². The molecular weight excluding hydrogens is 299 g/mol. The van der Waals surface area contributed by atoms with E-state index in [1.807, 2.05) is 0 Å². The molecular formula is C9H4Cl2N4O4. The first-order valence-corrected chi connectivity index (χ1v) is 5.46. The normalized spacial score (nSPS) is 10.2. The number of carbonyl (C=O) groups is 1. The van der Waals surface area contributed by atoms with Gasteiger partial charge in [0.15, 0.2) is 16.1 Å². The van der Waals surface area contributed by atoms with Gasteiger partial charge >= 0.3 is 5.88 Å². The van der Waals surface area contributed by atoms with Crippen molar-refractivity contribution in [2.24, 2.45) is 0 Å². The predicted molar refractivity (Wildman–Crippen MR) is 65.4 cm³/mol. The molecule has 98 valence electrons. The Kier molecular flexibility index (Phi) is 3.63. The lowest BCUT2D eigenvalue weighted by molar-refractivity contribution is -0.402. The fourth-order valence-corrected chi connectivity index (χ4v) is 1.58. The quantitative estimate of drug-likeness (QED) is 0.530. The summed E-state index contributed by atoms with van der Waals surface area (Å²) in [6.07, 6.45) is 1.12. The number of nitrogens with zero attached hydrogens (tertiary/aromatic N) is 3. The van der Waals surface area contributed by atoms with Crippen LogP contribution in [0.5, 0.6) is 0 Å². The lowest BCUT2D eigenvalue weighted by Gasteiger charge is -2.05. The van der Waals surface area contributed by atoms with E-state index in [0.717, 1.165) is 18.5 Å². The average Bonchev–Trinajstić information content (AvgIpc) is 2.83. The first-order valence-electron chi connectivity index (χ1n) is 4.70. The molecule has 1 N–H and O–H groups in total. The first-order chi connectivity index (χ1) is 8.99. The van der Waals surface area contributed by atoms with Gasteiger partial charge < -0.3 is 9.73 Å². The minimum Gasteiger partial charge on any atom is -0.395 e. The van der Waals surface area contributed by atoms with Gasteiger partial charge in [0.2, 0.25) is 0 Å². The van der Waals surface area contributed by atoms with Crippen molar-refractivity contribution in [1.29, 1.82) is 0 Å². The maximum absolute atomic E-state index is 11.8. The van der Waals surface area contributed by atoms with Crippen LogP contribution < -0.4 is 5.32 Å². The molecule has 2 aromatic rings. The zero-order valence-electron chi connectivity index (χ0n) is 8.96. The van der Waals surface area contributed by atoms with Gasteiger partial charge in [-0.05, 0) is 6.07 Å². The maximum Gasteiger partial charge on any atom is 0.433 e. The minimum atomic E-state index is -0.762. The lowest BCUT2D eigenvalue weighted by Crippen LogP contribution is -2.12. The van der Waals surface area contributed by atoms with Crippen LogP contribution in [0.15, 0.2) is 22.9 Å². The third-order valence-electron chi connectivity index (χ3n) is 1.99. The predicted octanol–water partition coefficient (Wildman–Crippen LogP) is 2.54. The monoisotopic (exact) mass is 302 g/mol. The standard InChI is InChI=1S/C9H4Cl2N4O4/c10-7-6(8(11)13-3-12-7)14-9(16)4-1-2-5(19-4)15(17)18/h1-3H,(H,14,16). The number of nitrogens with one attached hydrogen (secondary N) is 1. The SMILES string of the molecule is O=C(Nc1c(Cl)ncnc1Cl)c1ccc([N+](=O)[O-])o1. The van der Waals surface area contributed by atoms with Crippen LogP contribution in [0, 0.1) is 10.1 Å². The molecule has 0 aliphatic carbocycles. The molecule has 2 aromatic heterocycles. The molecule has 0 saturated heterocycles. The van der Waals surface area contributed by atoms with E-state index < -0.39 is 16.7 Å². The summed E-state index contributed by atoms with van der Waals surface area (Å²) >= 11 is 11.5. The Bertz CT molecular complexity index is 637. The number of anilines is 1. The van der Waals surface area contributed by atoms with Gasteiger partial charge in [-0.2, -0.15) is 0 Å². The molecule has 0 atom stereocenters. The Morgan fingerprint density at radius 2 is 1.95 bits per heavy atom. The van der Waals surface area contributed by atoms with Crippen molar-refractivity contribution in [1.82, 2.24) is 9.97 Å². The highest BCUT2D eigenvalue weighted by Gasteiger charge is 2.19. The number of aromatic nitrogens is 2. The van der Waals surface area contributed by atoms with Crippen molar-refractivity contribution < 1.29 is 14.1 Å². The lowest BCUT2D eigenvalue weighted by atomic mass is 10.4. The highest BCUT2D eigenvalue weighted by molar-refractivity contribution is 6.38. The summed E-state index contributed by atoms with van der Waals surface area (Å²) in [7, 11) is 0. The Morgan fingerprint density at radius 1 is 1.32 bits per heavy atom. The second-order valence-corrected chi connectivity index (χ2v) is 3.90. The Balaban J connectivity index is 2.23. The highest BCUT2D eigenvalue weighted by Crippen LogP contribution is 2.26. The third-order valence-corrected chi connectivity index (χ3v) is 2.56. The number of carbonyl (C=O) groups excluding carboxylic acids is 1. The van der Waals surface area contributed by atoms with Crippen molar-refractivity contribution in [3.63, 3.8) is 0 Å². The fourth-order valence-electron chi connectivity index (χ4n) is 1.17. The smallest absolute Gasteiger partial charge is 0.395 e. The van der Waals surface area contributed by atoms with E-state index in [1.165, 1.54) is 0 Å². The molecule has 19 heavy (non-hydrogen) atoms. The number of nitro groups is 1. The summed E-state index contributed by atoms with van der Waals surface area (Å²) in [6.45, 7) is 0. The van der Waals surface area contributed by atoms with Crippen LogP contribution >= 0.6 is 23.2 Å². The number of furan rings is 1. The molecule has 0 aliphatic rings. The van der Waals surface area contributed by atoms with Gasteiger partial charge in [-0.3, -0.25) is 14.9 Å². The van der Waals surface area contributed by atoms with Gasteiger partial charge in [0, 0.05) is 0 Å². The molecule has 10 heteroatoms. The first kappa shape index (κ1) is 13.2. The minimum absolute atomic E-state index is 0.00473. The van der Waals surface area contributed by atoms with Crippen LogP contribution in [0.3, 0.4) is 0 Å². The molecule has 0 radical (unpaired) electrons. The van der Waals surface area contributed by atoms with E-state index in [-0.39, 0.29) is 21.8 Å². The fraction of sp³-hybridized carbons (Fsp3) is 0. The Morgan fingerprint density at radius 3 is 2.47 bits per heavy atom. The van der Waals surface area contributed by atoms with Crippen molar-refractivity contribution in [2.75, 3.05) is 5.32 Å². The van der Waals surface area contributed by atoms with Crippen LogP contribution in [0.25, 0.3) is 0 Å². The summed E-state index contributed by atoms with van der Waals surface area (Å²) < 4.78 is 4.72. The topological polar surface area (TPSA) is 111 Å². The van der Waals surface area contributed by atoms with Gasteiger partial charge in [-0.15, -0.1) is 0 Å². The van der Waals surface area contributed by atoms with Gasteiger partial charge in [-0.1, -0.05) is 23.2 Å². The molecule has 0 bridgehead atoms. The van der Waals surface area contributed by atoms with Gasteiger partial charge in [0.05, 0.1) is 6.07 Å². The molecule has 1 amide bonds. The van der Waals surface area contributed by atoms with Crippen molar-refractivity contribution >= 4 is 40.7 Å². The summed E-state index contributed by atoms with van der Waals surface area (Å²) in [5, 5.41) is 12.6. The van der Waals surface area contributed by atoms with Crippen LogP contribution in [0.4, 0.5) is 11.6 Å². The molecule has 2 rings (SSSR count). The van der Waals surface area contributed by atoms with Crippen molar-refractivity contribution in [2.45, 2.75) is 0 Å². The molecule has 0 saturated carbocycles. The molecule has 0 spiro atoms. The maximum atomic E-state index is 11.8. The molecule has 0 unspecified atom stereocenters. The van der Waals surface area contributed by atoms with Crippen molar-refractivity contribution in [3.8, 4) is 0 Å². The Hall–Kier alpha value is -2.19. The number of hydrogen-bond donors (Lipinski definition) is 1. The summed E-state index contributed by atoms with van der Waals surface area (Å²) in [5.41, 5.74) is -0.00473. The number of amides is 1. The van der Waals surface area contributed by atoms with Gasteiger partial charge in [0.1, 0.15) is 16.9 Å². The van der Waals surface area contributed by atoms with Gasteiger partial charge in [0.25, 0.3) is 5.91 Å². The second-order valence-electron chi connectivity index (χ2n) is 3.18. The summed E-state index contributed by atoms with van der Waals surface area (Å²) in [6, 6.07) is 2.21. The number of halogens is 2. The van der Waals surface area contributed by atoms with E-state index in [1.54, 1.807) is 0 Å². The molecule has 0 aliphatic heterocycles. The van der Waals surface area contributed by atoms with Crippen LogP contribution in [-0.2, 0) is 0 Å². The second kappa shape index (κ2) is 5.21.